The lowest BCUT2D eigenvalue weighted by molar-refractivity contribution is -0.139. The first-order chi connectivity index (χ1) is 12.5. The summed E-state index contributed by atoms with van der Waals surface area (Å²) in [7, 11) is 0. The predicted octanol–water partition coefficient (Wildman–Crippen LogP) is 2.72. The minimum absolute atomic E-state index is 0. The van der Waals surface area contributed by atoms with E-state index in [1.54, 1.807) is 0 Å². The normalized spacial score (nSPS) is 18.9. The molecule has 0 spiro atoms. The first-order valence-corrected chi connectivity index (χ1v) is 9.46. The Balaban J connectivity index is 0.00000261. The lowest BCUT2D eigenvalue weighted by Gasteiger charge is -2.28. The van der Waals surface area contributed by atoms with Crippen LogP contribution >= 0.6 is 12.4 Å². The molecule has 0 aromatic heterocycles. The van der Waals surface area contributed by atoms with Crippen LogP contribution in [0.2, 0.25) is 0 Å². The van der Waals surface area contributed by atoms with Crippen molar-refractivity contribution < 1.29 is 14.4 Å². The molecule has 148 valence electrons. The van der Waals surface area contributed by atoms with Gasteiger partial charge in [0.15, 0.2) is 0 Å². The van der Waals surface area contributed by atoms with Gasteiger partial charge in [0.25, 0.3) is 0 Å². The highest BCUT2D eigenvalue weighted by Crippen LogP contribution is 2.26. The average molecular weight is 394 g/mol. The van der Waals surface area contributed by atoms with Crippen molar-refractivity contribution in [3.63, 3.8) is 0 Å². The Bertz CT molecular complexity index is 673. The van der Waals surface area contributed by atoms with Crippen LogP contribution < -0.4 is 10.6 Å². The van der Waals surface area contributed by atoms with Gasteiger partial charge in [0.2, 0.25) is 17.7 Å². The number of nitrogens with zero attached hydrogens (tertiary/aromatic N) is 1. The highest BCUT2D eigenvalue weighted by Gasteiger charge is 2.29. The molecular weight excluding hydrogens is 366 g/mol. The second kappa shape index (κ2) is 9.85. The lowest BCUT2D eigenvalue weighted by Crippen LogP contribution is -2.32. The second-order valence-corrected chi connectivity index (χ2v) is 7.35. The number of benzene rings is 1. The van der Waals surface area contributed by atoms with E-state index in [0.717, 1.165) is 31.5 Å². The summed E-state index contributed by atoms with van der Waals surface area (Å²) in [6.45, 7) is 4.41. The lowest BCUT2D eigenvalue weighted by atomic mass is 9.84. The van der Waals surface area contributed by atoms with Crippen LogP contribution in [0.25, 0.3) is 0 Å². The molecule has 2 aliphatic heterocycles. The molecule has 1 aromatic carbocycles. The summed E-state index contributed by atoms with van der Waals surface area (Å²) in [5.74, 6) is 0.622. The van der Waals surface area contributed by atoms with E-state index in [9.17, 15) is 14.4 Å². The monoisotopic (exact) mass is 393 g/mol. The Morgan fingerprint density at radius 3 is 2.48 bits per heavy atom. The van der Waals surface area contributed by atoms with Crippen molar-refractivity contribution in [3.8, 4) is 0 Å². The largest absolute Gasteiger partial charge is 0.326 e. The van der Waals surface area contributed by atoms with Gasteiger partial charge in [0.1, 0.15) is 0 Å². The van der Waals surface area contributed by atoms with E-state index in [4.69, 9.17) is 0 Å². The fourth-order valence-corrected chi connectivity index (χ4v) is 3.82. The van der Waals surface area contributed by atoms with Crippen molar-refractivity contribution in [2.24, 2.45) is 11.8 Å². The summed E-state index contributed by atoms with van der Waals surface area (Å²) in [6, 6.07) is 7.38. The average Bonchev–Trinajstić information content (AvgIpc) is 2.96. The number of piperidine rings is 1. The third kappa shape index (κ3) is 5.53. The van der Waals surface area contributed by atoms with Crippen molar-refractivity contribution in [2.75, 3.05) is 18.4 Å². The predicted molar refractivity (Wildman–Crippen MR) is 106 cm³/mol. The molecule has 0 aliphatic carbocycles. The number of para-hydroxylation sites is 1. The van der Waals surface area contributed by atoms with E-state index in [-0.39, 0.29) is 49.5 Å². The van der Waals surface area contributed by atoms with Gasteiger partial charge in [0, 0.05) is 24.9 Å². The van der Waals surface area contributed by atoms with Gasteiger partial charge in [-0.1, -0.05) is 25.1 Å². The zero-order chi connectivity index (χ0) is 18.5. The third-order valence-electron chi connectivity index (χ3n) is 5.47. The SMILES string of the molecule is CC(CC(=O)Nc1ccccc1CN1C(=O)CCC1=O)C1CCNCC1.Cl. The molecule has 0 radical (unpaired) electrons. The smallest absolute Gasteiger partial charge is 0.229 e. The maximum atomic E-state index is 12.5. The third-order valence-corrected chi connectivity index (χ3v) is 5.47. The van der Waals surface area contributed by atoms with Crippen LogP contribution in [0, 0.1) is 11.8 Å². The molecule has 2 fully saturated rings. The minimum atomic E-state index is -0.143. The maximum Gasteiger partial charge on any atom is 0.229 e. The maximum absolute atomic E-state index is 12.5. The Labute approximate surface area is 166 Å². The number of rotatable bonds is 6. The first kappa shape index (κ1) is 21.4. The molecule has 0 bridgehead atoms. The highest BCUT2D eigenvalue weighted by molar-refractivity contribution is 6.02. The molecule has 1 aromatic rings. The number of carbonyl (C=O) groups is 3. The van der Waals surface area contributed by atoms with Crippen molar-refractivity contribution in [2.45, 2.75) is 45.6 Å². The van der Waals surface area contributed by atoms with Crippen molar-refractivity contribution in [3.05, 3.63) is 29.8 Å². The molecule has 1 unspecified atom stereocenters. The van der Waals surface area contributed by atoms with Gasteiger partial charge in [-0.3, -0.25) is 19.3 Å². The zero-order valence-electron chi connectivity index (χ0n) is 15.7. The zero-order valence-corrected chi connectivity index (χ0v) is 16.5. The van der Waals surface area contributed by atoms with Crippen LogP contribution in [0.5, 0.6) is 0 Å². The summed E-state index contributed by atoms with van der Waals surface area (Å²) >= 11 is 0. The summed E-state index contributed by atoms with van der Waals surface area (Å²) in [5.41, 5.74) is 1.47. The standard InChI is InChI=1S/C20H27N3O3.ClH/c1-14(15-8-10-21-11-9-15)12-18(24)22-17-5-3-2-4-16(17)13-23-19(25)6-7-20(23)26;/h2-5,14-15,21H,6-13H2,1H3,(H,22,24);1H. The van der Waals surface area contributed by atoms with Crippen molar-refractivity contribution >= 4 is 35.8 Å². The highest BCUT2D eigenvalue weighted by atomic mass is 35.5. The topological polar surface area (TPSA) is 78.5 Å². The number of carbonyl (C=O) groups excluding carboxylic acids is 3. The fraction of sp³-hybridized carbons (Fsp3) is 0.550. The van der Waals surface area contributed by atoms with E-state index >= 15 is 0 Å². The number of nitrogens with one attached hydrogen (secondary N) is 2. The van der Waals surface area contributed by atoms with E-state index in [1.807, 2.05) is 24.3 Å². The summed E-state index contributed by atoms with van der Waals surface area (Å²) in [4.78, 5) is 37.5. The summed E-state index contributed by atoms with van der Waals surface area (Å²) < 4.78 is 0. The van der Waals surface area contributed by atoms with Crippen LogP contribution in [0.3, 0.4) is 0 Å². The molecule has 6 nitrogen and oxygen atoms in total. The van der Waals surface area contributed by atoms with E-state index < -0.39 is 0 Å². The van der Waals surface area contributed by atoms with Crippen LogP contribution in [-0.2, 0) is 20.9 Å². The molecule has 1 atom stereocenters. The minimum Gasteiger partial charge on any atom is -0.326 e. The molecule has 3 rings (SSSR count). The number of hydrogen-bond donors (Lipinski definition) is 2. The van der Waals surface area contributed by atoms with Crippen molar-refractivity contribution in [1.29, 1.82) is 0 Å². The first-order valence-electron chi connectivity index (χ1n) is 9.46. The summed E-state index contributed by atoms with van der Waals surface area (Å²) in [6.07, 6.45) is 3.28. The number of likely N-dealkylation sites (tertiary alicyclic amines) is 1. The molecule has 0 saturated carbocycles. The second-order valence-electron chi connectivity index (χ2n) is 7.35. The summed E-state index contributed by atoms with van der Waals surface area (Å²) in [5, 5.41) is 6.33. The number of anilines is 1. The Morgan fingerprint density at radius 2 is 1.81 bits per heavy atom. The molecule has 2 saturated heterocycles. The van der Waals surface area contributed by atoms with Gasteiger partial charge in [0.05, 0.1) is 6.54 Å². The number of amides is 3. The Morgan fingerprint density at radius 1 is 1.19 bits per heavy atom. The molecular formula is C20H28ClN3O3. The van der Waals surface area contributed by atoms with Crippen LogP contribution in [0.4, 0.5) is 5.69 Å². The van der Waals surface area contributed by atoms with Crippen LogP contribution in [0.15, 0.2) is 24.3 Å². The van der Waals surface area contributed by atoms with Gasteiger partial charge in [-0.05, 0) is 49.4 Å². The molecule has 7 heteroatoms. The van der Waals surface area contributed by atoms with Crippen molar-refractivity contribution in [1.82, 2.24) is 10.2 Å². The quantitative estimate of drug-likeness (QED) is 0.728. The molecule has 27 heavy (non-hydrogen) atoms. The van der Waals surface area contributed by atoms with Gasteiger partial charge >= 0.3 is 0 Å². The van der Waals surface area contributed by atoms with E-state index in [0.29, 0.717) is 23.9 Å². The molecule has 3 amide bonds. The fourth-order valence-electron chi connectivity index (χ4n) is 3.82. The van der Waals surface area contributed by atoms with Gasteiger partial charge in [-0.25, -0.2) is 0 Å². The number of imide groups is 1. The number of halogens is 1. The molecule has 2 heterocycles. The molecule has 2 N–H and O–H groups in total. The number of hydrogen-bond acceptors (Lipinski definition) is 4. The Hall–Kier alpha value is -1.92. The van der Waals surface area contributed by atoms with Gasteiger partial charge < -0.3 is 10.6 Å². The molecule has 2 aliphatic rings. The van der Waals surface area contributed by atoms with E-state index in [1.165, 1.54) is 4.90 Å². The Kier molecular flexibility index (Phi) is 7.80. The van der Waals surface area contributed by atoms with Gasteiger partial charge in [-0.2, -0.15) is 0 Å². The van der Waals surface area contributed by atoms with Crippen LogP contribution in [-0.4, -0.2) is 35.7 Å². The van der Waals surface area contributed by atoms with Gasteiger partial charge in [-0.15, -0.1) is 12.4 Å². The van der Waals surface area contributed by atoms with E-state index in [2.05, 4.69) is 17.6 Å². The van der Waals surface area contributed by atoms with Crippen LogP contribution in [0.1, 0.15) is 44.6 Å².